The molecule has 1 saturated heterocycles. The zero-order chi connectivity index (χ0) is 15.0. The van der Waals surface area contributed by atoms with Gasteiger partial charge in [-0.05, 0) is 37.8 Å². The van der Waals surface area contributed by atoms with Crippen LogP contribution in [0.4, 0.5) is 0 Å². The molecule has 4 nitrogen and oxygen atoms in total. The summed E-state index contributed by atoms with van der Waals surface area (Å²) < 4.78 is 0. The van der Waals surface area contributed by atoms with Gasteiger partial charge >= 0.3 is 0 Å². The van der Waals surface area contributed by atoms with Crippen LogP contribution in [-0.4, -0.2) is 24.5 Å². The third-order valence-corrected chi connectivity index (χ3v) is 5.11. The fourth-order valence-electron chi connectivity index (χ4n) is 3.22. The molecule has 1 saturated carbocycles. The molecule has 114 valence electrons. The molecule has 3 N–H and O–H groups in total. The van der Waals surface area contributed by atoms with Crippen molar-refractivity contribution >= 4 is 17.5 Å². The van der Waals surface area contributed by atoms with Crippen LogP contribution in [-0.2, 0) is 4.79 Å². The number of hydrazine groups is 1. The lowest BCUT2D eigenvalue weighted by atomic mass is 9.96. The predicted octanol–water partition coefficient (Wildman–Crippen LogP) is 2.06. The van der Waals surface area contributed by atoms with Crippen LogP contribution in [0.2, 0.25) is 5.02 Å². The molecule has 1 aromatic rings. The molecule has 2 aliphatic rings. The van der Waals surface area contributed by atoms with Gasteiger partial charge in [0, 0.05) is 35.5 Å². The topological polar surface area (TPSA) is 53.2 Å². The van der Waals surface area contributed by atoms with Crippen molar-refractivity contribution in [2.45, 2.75) is 38.3 Å². The lowest BCUT2D eigenvalue weighted by Crippen LogP contribution is -2.37. The molecular weight excluding hydrogens is 286 g/mol. The van der Waals surface area contributed by atoms with E-state index in [-0.39, 0.29) is 17.7 Å². The second-order valence-corrected chi connectivity index (χ2v) is 6.65. The van der Waals surface area contributed by atoms with Crippen LogP contribution in [0.3, 0.4) is 0 Å². The van der Waals surface area contributed by atoms with E-state index in [9.17, 15) is 4.79 Å². The molecule has 0 aromatic heterocycles. The van der Waals surface area contributed by atoms with Crippen molar-refractivity contribution in [2.75, 3.05) is 6.54 Å². The summed E-state index contributed by atoms with van der Waals surface area (Å²) in [5, 5.41) is 3.87. The van der Waals surface area contributed by atoms with Crippen LogP contribution in [0.15, 0.2) is 24.3 Å². The molecule has 2 fully saturated rings. The highest BCUT2D eigenvalue weighted by molar-refractivity contribution is 6.31. The first kappa shape index (κ1) is 14.8. The second kappa shape index (κ2) is 5.95. The fourth-order valence-corrected chi connectivity index (χ4v) is 3.49. The Morgan fingerprint density at radius 3 is 2.62 bits per heavy atom. The van der Waals surface area contributed by atoms with E-state index < -0.39 is 0 Å². The summed E-state index contributed by atoms with van der Waals surface area (Å²) in [6.07, 6.45) is 0.905. The normalized spacial score (nSPS) is 34.7. The van der Waals surface area contributed by atoms with Gasteiger partial charge in [0.05, 0.1) is 0 Å². The van der Waals surface area contributed by atoms with E-state index in [0.29, 0.717) is 24.5 Å². The molecule has 21 heavy (non-hydrogen) atoms. The number of amides is 1. The van der Waals surface area contributed by atoms with Crippen LogP contribution in [0.25, 0.3) is 0 Å². The molecule has 5 heteroatoms. The van der Waals surface area contributed by atoms with Gasteiger partial charge in [-0.15, -0.1) is 0 Å². The minimum Gasteiger partial charge on any atom is -0.355 e. The van der Waals surface area contributed by atoms with Crippen LogP contribution >= 0.6 is 11.6 Å². The summed E-state index contributed by atoms with van der Waals surface area (Å²) in [4.78, 5) is 12.3. The Morgan fingerprint density at radius 1 is 1.29 bits per heavy atom. The summed E-state index contributed by atoms with van der Waals surface area (Å²) in [6, 6.07) is 8.57. The molecule has 1 heterocycles. The molecule has 0 radical (unpaired) electrons. The van der Waals surface area contributed by atoms with Crippen LogP contribution < -0.4 is 16.2 Å². The summed E-state index contributed by atoms with van der Waals surface area (Å²) in [5.74, 6) is 0.948. The lowest BCUT2D eigenvalue weighted by molar-refractivity contribution is -0.122. The molecular formula is C16H22ClN3O. The Labute approximate surface area is 130 Å². The zero-order valence-corrected chi connectivity index (χ0v) is 13.2. The molecule has 4 atom stereocenters. The zero-order valence-electron chi connectivity index (χ0n) is 12.4. The number of carbonyl (C=O) groups is 1. The van der Waals surface area contributed by atoms with E-state index in [2.05, 4.69) is 30.0 Å². The first-order valence-corrected chi connectivity index (χ1v) is 7.99. The van der Waals surface area contributed by atoms with Gasteiger partial charge in [-0.25, -0.2) is 0 Å². The van der Waals surface area contributed by atoms with Gasteiger partial charge in [0.25, 0.3) is 0 Å². The maximum absolute atomic E-state index is 12.3. The molecule has 3 rings (SSSR count). The minimum atomic E-state index is 0.0813. The number of rotatable bonds is 4. The van der Waals surface area contributed by atoms with Crippen LogP contribution in [0, 0.1) is 11.8 Å². The van der Waals surface area contributed by atoms with E-state index in [1.807, 2.05) is 24.3 Å². The largest absolute Gasteiger partial charge is 0.355 e. The standard InChI is InChI=1S/C16H22ClN3O/c1-9-14(10(2)20-19-9)8-18-16(21)13-7-12(13)11-5-3-4-6-15(11)17/h3-6,9-10,12-14,19-20H,7-8H2,1-2H3,(H,18,21). The molecule has 1 aliphatic carbocycles. The molecule has 0 bridgehead atoms. The average molecular weight is 308 g/mol. The SMILES string of the molecule is CC1NNC(C)C1CNC(=O)C1CC1c1ccccc1Cl. The first-order chi connectivity index (χ1) is 10.1. The molecule has 1 aromatic carbocycles. The monoisotopic (exact) mass is 307 g/mol. The van der Waals surface area contributed by atoms with Gasteiger partial charge in [0.2, 0.25) is 5.91 Å². The smallest absolute Gasteiger partial charge is 0.223 e. The Balaban J connectivity index is 1.53. The summed E-state index contributed by atoms with van der Waals surface area (Å²) in [5.41, 5.74) is 7.52. The Hall–Kier alpha value is -1.10. The number of benzene rings is 1. The van der Waals surface area contributed by atoms with Crippen LogP contribution in [0.1, 0.15) is 31.7 Å². The van der Waals surface area contributed by atoms with Gasteiger partial charge in [-0.2, -0.15) is 0 Å². The van der Waals surface area contributed by atoms with Crippen LogP contribution in [0.5, 0.6) is 0 Å². The fraction of sp³-hybridized carbons (Fsp3) is 0.562. The highest BCUT2D eigenvalue weighted by Gasteiger charge is 2.45. The summed E-state index contributed by atoms with van der Waals surface area (Å²) in [6.45, 7) is 4.99. The average Bonchev–Trinajstić information content (AvgIpc) is 3.19. The van der Waals surface area contributed by atoms with Gasteiger partial charge in [0.15, 0.2) is 0 Å². The molecule has 1 aliphatic heterocycles. The van der Waals surface area contributed by atoms with Crippen molar-refractivity contribution in [1.82, 2.24) is 16.2 Å². The number of hydrogen-bond donors (Lipinski definition) is 3. The van der Waals surface area contributed by atoms with Crippen molar-refractivity contribution in [3.8, 4) is 0 Å². The Morgan fingerprint density at radius 2 is 1.95 bits per heavy atom. The highest BCUT2D eigenvalue weighted by atomic mass is 35.5. The second-order valence-electron chi connectivity index (χ2n) is 6.25. The van der Waals surface area contributed by atoms with E-state index in [1.165, 1.54) is 0 Å². The number of carbonyl (C=O) groups excluding carboxylic acids is 1. The summed E-state index contributed by atoms with van der Waals surface area (Å²) >= 11 is 6.20. The minimum absolute atomic E-state index is 0.0813. The van der Waals surface area contributed by atoms with E-state index in [4.69, 9.17) is 11.6 Å². The molecule has 0 spiro atoms. The lowest BCUT2D eigenvalue weighted by Gasteiger charge is -2.18. The molecule has 4 unspecified atom stereocenters. The third-order valence-electron chi connectivity index (χ3n) is 4.77. The summed E-state index contributed by atoms with van der Waals surface area (Å²) in [7, 11) is 0. The van der Waals surface area contributed by atoms with Crippen molar-refractivity contribution < 1.29 is 4.79 Å². The quantitative estimate of drug-likeness (QED) is 0.798. The van der Waals surface area contributed by atoms with Gasteiger partial charge in [-0.3, -0.25) is 15.6 Å². The Bertz CT molecular complexity index is 526. The third kappa shape index (κ3) is 3.07. The van der Waals surface area contributed by atoms with E-state index in [0.717, 1.165) is 17.0 Å². The number of nitrogens with one attached hydrogen (secondary N) is 3. The predicted molar refractivity (Wildman–Crippen MR) is 84.0 cm³/mol. The molecule has 1 amide bonds. The van der Waals surface area contributed by atoms with Gasteiger partial charge in [0.1, 0.15) is 0 Å². The maximum atomic E-state index is 12.3. The van der Waals surface area contributed by atoms with E-state index >= 15 is 0 Å². The van der Waals surface area contributed by atoms with Crippen molar-refractivity contribution in [3.05, 3.63) is 34.9 Å². The highest BCUT2D eigenvalue weighted by Crippen LogP contribution is 2.49. The van der Waals surface area contributed by atoms with Crippen molar-refractivity contribution in [1.29, 1.82) is 0 Å². The maximum Gasteiger partial charge on any atom is 0.223 e. The first-order valence-electron chi connectivity index (χ1n) is 7.61. The van der Waals surface area contributed by atoms with E-state index in [1.54, 1.807) is 0 Å². The van der Waals surface area contributed by atoms with Gasteiger partial charge < -0.3 is 5.32 Å². The number of hydrogen-bond acceptors (Lipinski definition) is 3. The number of halogens is 1. The van der Waals surface area contributed by atoms with Crippen molar-refractivity contribution in [3.63, 3.8) is 0 Å². The van der Waals surface area contributed by atoms with Crippen molar-refractivity contribution in [2.24, 2.45) is 11.8 Å². The van der Waals surface area contributed by atoms with Gasteiger partial charge in [-0.1, -0.05) is 29.8 Å². The Kier molecular flexibility index (Phi) is 4.20.